The van der Waals surface area contributed by atoms with Crippen LogP contribution < -0.4 is 14.8 Å². The Kier molecular flexibility index (Phi) is 4.96. The molecular formula is C19H18F3N5O3. The highest BCUT2D eigenvalue weighted by atomic mass is 19.3. The lowest BCUT2D eigenvalue weighted by Gasteiger charge is -2.13. The number of carbonyl (C=O) groups is 1. The third-order valence-corrected chi connectivity index (χ3v) is 4.93. The molecule has 0 saturated heterocycles. The van der Waals surface area contributed by atoms with Crippen molar-refractivity contribution in [2.75, 3.05) is 19.5 Å². The number of hydrogen-bond donors (Lipinski definition) is 1. The van der Waals surface area contributed by atoms with Gasteiger partial charge in [0.1, 0.15) is 17.6 Å². The Bertz CT molecular complexity index is 1110. The van der Waals surface area contributed by atoms with E-state index in [9.17, 15) is 18.0 Å². The van der Waals surface area contributed by atoms with Crippen LogP contribution in [0.4, 0.5) is 19.0 Å². The Morgan fingerprint density at radius 1 is 1.23 bits per heavy atom. The summed E-state index contributed by atoms with van der Waals surface area (Å²) in [5.74, 6) is -1.59. The van der Waals surface area contributed by atoms with Gasteiger partial charge in [0, 0.05) is 12.4 Å². The lowest BCUT2D eigenvalue weighted by atomic mass is 10.2. The van der Waals surface area contributed by atoms with Gasteiger partial charge in [0.2, 0.25) is 23.5 Å². The molecule has 158 valence electrons. The van der Waals surface area contributed by atoms with Crippen LogP contribution in [0.25, 0.3) is 22.2 Å². The fourth-order valence-corrected chi connectivity index (χ4v) is 3.24. The van der Waals surface area contributed by atoms with Crippen LogP contribution in [0.15, 0.2) is 18.3 Å². The molecule has 0 spiro atoms. The number of pyridine rings is 1. The van der Waals surface area contributed by atoms with Gasteiger partial charge in [-0.3, -0.25) is 4.79 Å². The number of halogens is 3. The maximum atomic E-state index is 13.1. The number of carbonyl (C=O) groups excluding carboxylic acids is 1. The van der Waals surface area contributed by atoms with E-state index in [2.05, 4.69) is 20.3 Å². The molecule has 3 heterocycles. The van der Waals surface area contributed by atoms with Gasteiger partial charge in [-0.25, -0.2) is 18.2 Å². The van der Waals surface area contributed by atoms with Gasteiger partial charge in [0.05, 0.1) is 37.5 Å². The lowest BCUT2D eigenvalue weighted by Crippen LogP contribution is -2.15. The Morgan fingerprint density at radius 3 is 2.40 bits per heavy atom. The van der Waals surface area contributed by atoms with E-state index >= 15 is 0 Å². The molecule has 11 heteroatoms. The number of amides is 1. The Morgan fingerprint density at radius 2 is 1.87 bits per heavy atom. The number of anilines is 1. The zero-order valence-electron chi connectivity index (χ0n) is 16.3. The van der Waals surface area contributed by atoms with Gasteiger partial charge in [0.25, 0.3) is 6.43 Å². The normalized spacial score (nSPS) is 18.0. The summed E-state index contributed by atoms with van der Waals surface area (Å²) in [6.07, 6.45) is -2.23. The number of rotatable bonds is 6. The van der Waals surface area contributed by atoms with Gasteiger partial charge >= 0.3 is 0 Å². The minimum Gasteiger partial charge on any atom is -0.480 e. The van der Waals surface area contributed by atoms with Crippen molar-refractivity contribution >= 4 is 22.6 Å². The van der Waals surface area contributed by atoms with Crippen molar-refractivity contribution < 1.29 is 27.4 Å². The standard InChI is InChI=1S/C19H18F3N5O3/c1-27-11(14-18(29-2)25-16(15(21)22)26-19(14)30-3)4-8-5-13(23-7-12(8)27)24-17(28)9-6-10(9)20/h4-5,7,9-10,15H,6H2,1-3H3,(H,23,24,28). The van der Waals surface area contributed by atoms with E-state index in [-0.39, 0.29) is 24.0 Å². The molecule has 2 atom stereocenters. The fraction of sp³-hybridized carbons (Fsp3) is 0.368. The number of aromatic nitrogens is 4. The van der Waals surface area contributed by atoms with E-state index in [4.69, 9.17) is 9.47 Å². The lowest BCUT2D eigenvalue weighted by molar-refractivity contribution is -0.117. The van der Waals surface area contributed by atoms with E-state index in [0.717, 1.165) is 0 Å². The minimum atomic E-state index is -2.89. The number of aryl methyl sites for hydroxylation is 1. The molecule has 1 saturated carbocycles. The molecule has 1 aliphatic rings. The first kappa shape index (κ1) is 19.9. The first-order valence-corrected chi connectivity index (χ1v) is 9.02. The fourth-order valence-electron chi connectivity index (χ4n) is 3.24. The quantitative estimate of drug-likeness (QED) is 0.657. The molecule has 0 aliphatic heterocycles. The van der Waals surface area contributed by atoms with E-state index in [1.54, 1.807) is 29.9 Å². The molecule has 1 fully saturated rings. The largest absolute Gasteiger partial charge is 0.480 e. The summed E-state index contributed by atoms with van der Waals surface area (Å²) in [5, 5.41) is 3.30. The van der Waals surface area contributed by atoms with E-state index in [1.807, 2.05) is 0 Å². The van der Waals surface area contributed by atoms with Crippen molar-refractivity contribution in [3.63, 3.8) is 0 Å². The summed E-state index contributed by atoms with van der Waals surface area (Å²) < 4.78 is 51.5. The summed E-state index contributed by atoms with van der Waals surface area (Å²) in [7, 11) is 4.37. The second kappa shape index (κ2) is 7.47. The molecule has 3 aromatic heterocycles. The summed E-state index contributed by atoms with van der Waals surface area (Å²) in [6, 6.07) is 3.38. The van der Waals surface area contributed by atoms with Crippen LogP contribution in [0.3, 0.4) is 0 Å². The predicted octanol–water partition coefficient (Wildman–Crippen LogP) is 3.28. The molecule has 1 N–H and O–H groups in total. The zero-order valence-corrected chi connectivity index (χ0v) is 16.3. The smallest absolute Gasteiger partial charge is 0.297 e. The topological polar surface area (TPSA) is 91.2 Å². The van der Waals surface area contributed by atoms with Crippen molar-refractivity contribution in [3.8, 4) is 23.0 Å². The van der Waals surface area contributed by atoms with Crippen molar-refractivity contribution in [3.05, 3.63) is 24.2 Å². The Balaban J connectivity index is 1.78. The van der Waals surface area contributed by atoms with Crippen LogP contribution in [-0.4, -0.2) is 45.8 Å². The summed E-state index contributed by atoms with van der Waals surface area (Å²) >= 11 is 0. The minimum absolute atomic E-state index is 0.0627. The number of ether oxygens (including phenoxy) is 2. The second-order valence-corrected chi connectivity index (χ2v) is 6.84. The number of fused-ring (bicyclic) bond motifs is 1. The maximum Gasteiger partial charge on any atom is 0.297 e. The van der Waals surface area contributed by atoms with Crippen LogP contribution in [0.1, 0.15) is 18.7 Å². The highest BCUT2D eigenvalue weighted by Gasteiger charge is 2.43. The second-order valence-electron chi connectivity index (χ2n) is 6.84. The molecule has 8 nitrogen and oxygen atoms in total. The Labute approximate surface area is 169 Å². The van der Waals surface area contributed by atoms with E-state index in [0.29, 0.717) is 22.2 Å². The third kappa shape index (κ3) is 3.40. The monoisotopic (exact) mass is 421 g/mol. The van der Waals surface area contributed by atoms with Crippen molar-refractivity contribution in [1.29, 1.82) is 0 Å². The SMILES string of the molecule is COc1nc(C(F)F)nc(OC)c1-c1cc2cc(NC(=O)C3CC3F)ncc2n1C. The van der Waals surface area contributed by atoms with Crippen molar-refractivity contribution in [2.45, 2.75) is 19.0 Å². The molecule has 0 radical (unpaired) electrons. The number of hydrogen-bond acceptors (Lipinski definition) is 6. The maximum absolute atomic E-state index is 13.1. The highest BCUT2D eigenvalue weighted by Crippen LogP contribution is 2.40. The summed E-state index contributed by atoms with van der Waals surface area (Å²) in [6.45, 7) is 0. The van der Waals surface area contributed by atoms with Gasteiger partial charge in [-0.2, -0.15) is 9.97 Å². The van der Waals surface area contributed by atoms with E-state index < -0.39 is 30.2 Å². The molecule has 1 aliphatic carbocycles. The van der Waals surface area contributed by atoms with Crippen LogP contribution in [0, 0.1) is 5.92 Å². The molecule has 1 amide bonds. The van der Waals surface area contributed by atoms with Crippen molar-refractivity contribution in [1.82, 2.24) is 19.5 Å². The number of nitrogens with zero attached hydrogens (tertiary/aromatic N) is 4. The molecule has 0 aromatic carbocycles. The van der Waals surface area contributed by atoms with Gasteiger partial charge in [-0.05, 0) is 18.6 Å². The van der Waals surface area contributed by atoms with Gasteiger partial charge in [-0.1, -0.05) is 0 Å². The van der Waals surface area contributed by atoms with Gasteiger partial charge < -0.3 is 19.4 Å². The zero-order chi connectivity index (χ0) is 21.6. The number of nitrogens with one attached hydrogen (secondary N) is 1. The average molecular weight is 421 g/mol. The molecular weight excluding hydrogens is 403 g/mol. The molecule has 3 aromatic rings. The predicted molar refractivity (Wildman–Crippen MR) is 101 cm³/mol. The van der Waals surface area contributed by atoms with Gasteiger partial charge in [0.15, 0.2) is 0 Å². The first-order valence-electron chi connectivity index (χ1n) is 9.02. The summed E-state index contributed by atoms with van der Waals surface area (Å²) in [4.78, 5) is 23.8. The number of alkyl halides is 3. The molecule has 2 unspecified atom stereocenters. The van der Waals surface area contributed by atoms with Crippen LogP contribution in [0.2, 0.25) is 0 Å². The van der Waals surface area contributed by atoms with Crippen LogP contribution >= 0.6 is 0 Å². The molecule has 4 rings (SSSR count). The first-order chi connectivity index (χ1) is 14.3. The molecule has 0 bridgehead atoms. The Hall–Kier alpha value is -3.37. The molecule has 30 heavy (non-hydrogen) atoms. The number of methoxy groups -OCH3 is 2. The van der Waals surface area contributed by atoms with Gasteiger partial charge in [-0.15, -0.1) is 0 Å². The van der Waals surface area contributed by atoms with Crippen LogP contribution in [-0.2, 0) is 11.8 Å². The summed E-state index contributed by atoms with van der Waals surface area (Å²) in [5.41, 5.74) is 1.53. The van der Waals surface area contributed by atoms with Crippen LogP contribution in [0.5, 0.6) is 11.8 Å². The highest BCUT2D eigenvalue weighted by molar-refractivity contribution is 5.96. The third-order valence-electron chi connectivity index (χ3n) is 4.93. The van der Waals surface area contributed by atoms with E-state index in [1.165, 1.54) is 14.2 Å². The average Bonchev–Trinajstić information content (AvgIpc) is 3.38. The van der Waals surface area contributed by atoms with Crippen molar-refractivity contribution in [2.24, 2.45) is 13.0 Å².